The largest absolute Gasteiger partial charge is 0.491 e. The summed E-state index contributed by atoms with van der Waals surface area (Å²) in [5, 5.41) is 28.3. The lowest BCUT2D eigenvalue weighted by molar-refractivity contribution is 0.126. The van der Waals surface area contributed by atoms with Crippen molar-refractivity contribution in [3.8, 4) is 23.2 Å². The molecule has 0 amide bonds. The molecule has 0 aliphatic heterocycles. The first-order valence-corrected chi connectivity index (χ1v) is 9.47. The van der Waals surface area contributed by atoms with Crippen LogP contribution in [0.15, 0.2) is 53.9 Å². The SMILES string of the molecule is CCn1c(SCC(O)COc2ccc(C#N)cc2)nnc1-c1ccncc1. The average molecular weight is 381 g/mol. The lowest BCUT2D eigenvalue weighted by Crippen LogP contribution is -2.20. The lowest BCUT2D eigenvalue weighted by Gasteiger charge is -2.12. The minimum absolute atomic E-state index is 0.163. The number of thioether (sulfide) groups is 1. The molecule has 0 spiro atoms. The first-order chi connectivity index (χ1) is 13.2. The van der Waals surface area contributed by atoms with Crippen LogP contribution in [0.5, 0.6) is 5.75 Å². The van der Waals surface area contributed by atoms with Gasteiger partial charge in [0.2, 0.25) is 0 Å². The van der Waals surface area contributed by atoms with Crippen LogP contribution < -0.4 is 4.74 Å². The van der Waals surface area contributed by atoms with Crippen molar-refractivity contribution < 1.29 is 9.84 Å². The smallest absolute Gasteiger partial charge is 0.191 e. The van der Waals surface area contributed by atoms with Gasteiger partial charge in [-0.05, 0) is 43.3 Å². The molecule has 1 unspecified atom stereocenters. The molecular weight excluding hydrogens is 362 g/mol. The highest BCUT2D eigenvalue weighted by molar-refractivity contribution is 7.99. The van der Waals surface area contributed by atoms with Gasteiger partial charge < -0.3 is 14.4 Å². The van der Waals surface area contributed by atoms with Crippen molar-refractivity contribution in [2.75, 3.05) is 12.4 Å². The summed E-state index contributed by atoms with van der Waals surface area (Å²) in [6, 6.07) is 12.6. The maximum absolute atomic E-state index is 10.2. The van der Waals surface area contributed by atoms with E-state index in [-0.39, 0.29) is 6.61 Å². The van der Waals surface area contributed by atoms with Crippen molar-refractivity contribution in [2.45, 2.75) is 24.7 Å². The zero-order valence-corrected chi connectivity index (χ0v) is 15.6. The van der Waals surface area contributed by atoms with Crippen LogP contribution in [0.1, 0.15) is 12.5 Å². The van der Waals surface area contributed by atoms with Crippen molar-refractivity contribution in [2.24, 2.45) is 0 Å². The van der Waals surface area contributed by atoms with E-state index in [1.807, 2.05) is 23.6 Å². The molecule has 2 heterocycles. The summed E-state index contributed by atoms with van der Waals surface area (Å²) in [5.74, 6) is 1.84. The van der Waals surface area contributed by atoms with Crippen LogP contribution in [0.4, 0.5) is 0 Å². The maximum atomic E-state index is 10.2. The topological polar surface area (TPSA) is 96.8 Å². The van der Waals surface area contributed by atoms with E-state index in [0.29, 0.717) is 17.1 Å². The molecule has 3 rings (SSSR count). The first kappa shape index (κ1) is 18.9. The number of hydrogen-bond donors (Lipinski definition) is 1. The second-order valence-electron chi connectivity index (χ2n) is 5.70. The van der Waals surface area contributed by atoms with Gasteiger partial charge in [-0.3, -0.25) is 4.98 Å². The Morgan fingerprint density at radius 2 is 1.93 bits per heavy atom. The zero-order valence-electron chi connectivity index (χ0n) is 14.8. The molecule has 8 heteroatoms. The van der Waals surface area contributed by atoms with Gasteiger partial charge in [0.1, 0.15) is 12.4 Å². The van der Waals surface area contributed by atoms with Crippen molar-refractivity contribution in [1.82, 2.24) is 19.7 Å². The number of rotatable bonds is 8. The first-order valence-electron chi connectivity index (χ1n) is 8.48. The molecule has 0 fully saturated rings. The van der Waals surface area contributed by atoms with Crippen LogP contribution in [-0.4, -0.2) is 43.3 Å². The third kappa shape index (κ3) is 4.84. The predicted octanol–water partition coefficient (Wildman–Crippen LogP) is 2.76. The fourth-order valence-corrected chi connectivity index (χ4v) is 3.34. The Hall–Kier alpha value is -2.89. The summed E-state index contributed by atoms with van der Waals surface area (Å²) in [6.07, 6.45) is 2.79. The second kappa shape index (κ2) is 9.16. The Morgan fingerprint density at radius 3 is 2.59 bits per heavy atom. The fraction of sp³-hybridized carbons (Fsp3) is 0.263. The Morgan fingerprint density at radius 1 is 1.19 bits per heavy atom. The van der Waals surface area contributed by atoms with E-state index in [1.54, 1.807) is 36.7 Å². The lowest BCUT2D eigenvalue weighted by atomic mass is 10.2. The monoisotopic (exact) mass is 381 g/mol. The minimum Gasteiger partial charge on any atom is -0.491 e. The molecule has 1 N–H and O–H groups in total. The fourth-order valence-electron chi connectivity index (χ4n) is 2.43. The highest BCUT2D eigenvalue weighted by Crippen LogP contribution is 2.24. The van der Waals surface area contributed by atoms with Crippen molar-refractivity contribution in [3.05, 3.63) is 54.4 Å². The number of nitrogens with zero attached hydrogens (tertiary/aromatic N) is 5. The van der Waals surface area contributed by atoms with Crippen molar-refractivity contribution in [3.63, 3.8) is 0 Å². The van der Waals surface area contributed by atoms with E-state index in [2.05, 4.69) is 21.3 Å². The molecule has 0 radical (unpaired) electrons. The van der Waals surface area contributed by atoms with Crippen molar-refractivity contribution in [1.29, 1.82) is 5.26 Å². The van der Waals surface area contributed by atoms with Crippen LogP contribution in [0.25, 0.3) is 11.4 Å². The summed E-state index contributed by atoms with van der Waals surface area (Å²) < 4.78 is 7.57. The maximum Gasteiger partial charge on any atom is 0.191 e. The normalized spacial score (nSPS) is 11.7. The average Bonchev–Trinajstić information content (AvgIpc) is 3.14. The Kier molecular flexibility index (Phi) is 6.41. The molecule has 7 nitrogen and oxygen atoms in total. The molecule has 0 saturated carbocycles. The highest BCUT2D eigenvalue weighted by Gasteiger charge is 2.15. The molecule has 1 aromatic carbocycles. The third-order valence-electron chi connectivity index (χ3n) is 3.80. The Labute approximate surface area is 161 Å². The Balaban J connectivity index is 1.56. The predicted molar refractivity (Wildman–Crippen MR) is 102 cm³/mol. The molecule has 0 saturated heterocycles. The summed E-state index contributed by atoms with van der Waals surface area (Å²) in [5.41, 5.74) is 1.53. The van der Waals surface area contributed by atoms with E-state index in [1.165, 1.54) is 11.8 Å². The van der Waals surface area contributed by atoms with Crippen LogP contribution in [0.2, 0.25) is 0 Å². The summed E-state index contributed by atoms with van der Waals surface area (Å²) >= 11 is 1.44. The minimum atomic E-state index is -0.656. The van der Waals surface area contributed by atoms with Gasteiger partial charge in [-0.2, -0.15) is 5.26 Å². The molecule has 0 bridgehead atoms. The highest BCUT2D eigenvalue weighted by atomic mass is 32.2. The number of ether oxygens (including phenoxy) is 1. The number of aliphatic hydroxyl groups excluding tert-OH is 1. The standard InChI is InChI=1S/C19H19N5O2S/c1-2-24-18(15-7-9-21-10-8-15)22-23-19(24)27-13-16(25)12-26-17-5-3-14(11-20)4-6-17/h3-10,16,25H,2,12-13H2,1H3. The van der Waals surface area contributed by atoms with Gasteiger partial charge in [-0.1, -0.05) is 11.8 Å². The molecule has 1 atom stereocenters. The molecule has 0 aliphatic rings. The third-order valence-corrected chi connectivity index (χ3v) is 4.91. The number of aromatic nitrogens is 4. The van der Waals surface area contributed by atoms with E-state index >= 15 is 0 Å². The van der Waals surface area contributed by atoms with Crippen LogP contribution >= 0.6 is 11.8 Å². The van der Waals surface area contributed by atoms with Gasteiger partial charge in [0.25, 0.3) is 0 Å². The molecule has 138 valence electrons. The summed E-state index contributed by atoms with van der Waals surface area (Å²) in [6.45, 7) is 2.92. The van der Waals surface area contributed by atoms with E-state index in [9.17, 15) is 5.11 Å². The quantitative estimate of drug-likeness (QED) is 0.599. The van der Waals surface area contributed by atoms with Crippen molar-refractivity contribution >= 4 is 11.8 Å². The van der Waals surface area contributed by atoms with Crippen LogP contribution in [0.3, 0.4) is 0 Å². The second-order valence-corrected chi connectivity index (χ2v) is 6.69. The number of benzene rings is 1. The van der Waals surface area contributed by atoms with Gasteiger partial charge in [0, 0.05) is 30.3 Å². The van der Waals surface area contributed by atoms with Crippen LogP contribution in [0, 0.1) is 11.3 Å². The van der Waals surface area contributed by atoms with Gasteiger partial charge in [0.05, 0.1) is 17.7 Å². The molecular formula is C19H19N5O2S. The van der Waals surface area contributed by atoms with Gasteiger partial charge in [-0.25, -0.2) is 0 Å². The van der Waals surface area contributed by atoms with E-state index in [4.69, 9.17) is 10.00 Å². The van der Waals surface area contributed by atoms with E-state index in [0.717, 1.165) is 23.1 Å². The van der Waals surface area contributed by atoms with Gasteiger partial charge >= 0.3 is 0 Å². The number of hydrogen-bond acceptors (Lipinski definition) is 7. The number of pyridine rings is 1. The molecule has 3 aromatic rings. The van der Waals surface area contributed by atoms with E-state index < -0.39 is 6.10 Å². The molecule has 2 aromatic heterocycles. The summed E-state index contributed by atoms with van der Waals surface area (Å²) in [7, 11) is 0. The number of nitriles is 1. The summed E-state index contributed by atoms with van der Waals surface area (Å²) in [4.78, 5) is 4.02. The zero-order chi connectivity index (χ0) is 19.1. The molecule has 27 heavy (non-hydrogen) atoms. The van der Waals surface area contributed by atoms with Gasteiger partial charge in [0.15, 0.2) is 11.0 Å². The molecule has 0 aliphatic carbocycles. The Bertz CT molecular complexity index is 906. The number of aliphatic hydroxyl groups is 1. The van der Waals surface area contributed by atoms with Gasteiger partial charge in [-0.15, -0.1) is 10.2 Å². The van der Waals surface area contributed by atoms with Crippen LogP contribution in [-0.2, 0) is 6.54 Å².